The summed E-state index contributed by atoms with van der Waals surface area (Å²) >= 11 is 1.19. The Morgan fingerprint density at radius 1 is 1.28 bits per heavy atom. The van der Waals surface area contributed by atoms with Crippen molar-refractivity contribution in [3.05, 3.63) is 45.9 Å². The highest BCUT2D eigenvalue weighted by Crippen LogP contribution is 2.24. The standard InChI is InChI=1S/C18H22N2O4S/c1-11(24-13-7-5-12(6-8-13)18(2,3)4)16(21)19-9-15-20-14(10-25-15)17(22)23/h5-8,10-11H,9H2,1-4H3,(H,19,21)(H,22,23). The highest BCUT2D eigenvalue weighted by molar-refractivity contribution is 7.09. The second-order valence-electron chi connectivity index (χ2n) is 6.68. The molecule has 1 heterocycles. The molecule has 0 spiro atoms. The van der Waals surface area contributed by atoms with Crippen molar-refractivity contribution < 1.29 is 19.4 Å². The largest absolute Gasteiger partial charge is 0.481 e. The zero-order valence-electron chi connectivity index (χ0n) is 14.7. The topological polar surface area (TPSA) is 88.5 Å². The molecule has 1 aromatic heterocycles. The number of carboxylic acids is 1. The highest BCUT2D eigenvalue weighted by atomic mass is 32.1. The molecule has 6 nitrogen and oxygen atoms in total. The van der Waals surface area contributed by atoms with E-state index in [9.17, 15) is 9.59 Å². The van der Waals surface area contributed by atoms with E-state index in [1.165, 1.54) is 22.3 Å². The third-order valence-corrected chi connectivity index (χ3v) is 4.44. The second kappa shape index (κ2) is 7.65. The van der Waals surface area contributed by atoms with Crippen LogP contribution in [0.25, 0.3) is 0 Å². The number of nitrogens with one attached hydrogen (secondary N) is 1. The van der Waals surface area contributed by atoms with E-state index in [1.54, 1.807) is 6.92 Å². The predicted molar refractivity (Wildman–Crippen MR) is 96.2 cm³/mol. The van der Waals surface area contributed by atoms with Crippen LogP contribution in [0.2, 0.25) is 0 Å². The van der Waals surface area contributed by atoms with Crippen LogP contribution >= 0.6 is 11.3 Å². The van der Waals surface area contributed by atoms with E-state index in [0.29, 0.717) is 10.8 Å². The fraction of sp³-hybridized carbons (Fsp3) is 0.389. The first-order chi connectivity index (χ1) is 11.7. The van der Waals surface area contributed by atoms with Gasteiger partial charge in [-0.05, 0) is 30.0 Å². The minimum Gasteiger partial charge on any atom is -0.481 e. The quantitative estimate of drug-likeness (QED) is 0.824. The molecule has 0 aliphatic heterocycles. The number of nitrogens with zero attached hydrogens (tertiary/aromatic N) is 1. The number of aromatic carboxylic acids is 1. The number of hydrogen-bond donors (Lipinski definition) is 2. The van der Waals surface area contributed by atoms with E-state index >= 15 is 0 Å². The minimum atomic E-state index is -1.08. The molecule has 0 aliphatic carbocycles. The van der Waals surface area contributed by atoms with E-state index in [0.717, 1.165) is 0 Å². The number of aromatic nitrogens is 1. The summed E-state index contributed by atoms with van der Waals surface area (Å²) in [5, 5.41) is 13.5. The van der Waals surface area contributed by atoms with Crippen LogP contribution in [0.4, 0.5) is 0 Å². The fourth-order valence-electron chi connectivity index (χ4n) is 2.09. The molecule has 1 amide bonds. The Morgan fingerprint density at radius 2 is 1.92 bits per heavy atom. The van der Waals surface area contributed by atoms with E-state index in [1.807, 2.05) is 24.3 Å². The lowest BCUT2D eigenvalue weighted by atomic mass is 9.87. The monoisotopic (exact) mass is 362 g/mol. The van der Waals surface area contributed by atoms with Crippen molar-refractivity contribution in [1.82, 2.24) is 10.3 Å². The van der Waals surface area contributed by atoms with Gasteiger partial charge in [-0.3, -0.25) is 4.79 Å². The van der Waals surface area contributed by atoms with Gasteiger partial charge in [0.2, 0.25) is 0 Å². The first-order valence-electron chi connectivity index (χ1n) is 7.89. The Balaban J connectivity index is 1.88. The maximum atomic E-state index is 12.1. The molecule has 0 radical (unpaired) electrons. The summed E-state index contributed by atoms with van der Waals surface area (Å²) in [5.74, 6) is -0.741. The summed E-state index contributed by atoms with van der Waals surface area (Å²) in [6.07, 6.45) is -0.667. The van der Waals surface area contributed by atoms with E-state index < -0.39 is 12.1 Å². The van der Waals surface area contributed by atoms with Crippen LogP contribution < -0.4 is 10.1 Å². The Bertz CT molecular complexity index is 747. The molecule has 0 saturated carbocycles. The number of hydrogen-bond acceptors (Lipinski definition) is 5. The average molecular weight is 362 g/mol. The van der Waals surface area contributed by atoms with Crippen LogP contribution in [-0.2, 0) is 16.8 Å². The molecule has 25 heavy (non-hydrogen) atoms. The van der Waals surface area contributed by atoms with Crippen molar-refractivity contribution in [2.45, 2.75) is 45.8 Å². The Hall–Kier alpha value is -2.41. The van der Waals surface area contributed by atoms with Crippen molar-refractivity contribution in [3.8, 4) is 5.75 Å². The first kappa shape index (κ1) is 18.9. The number of rotatable bonds is 6. The lowest BCUT2D eigenvalue weighted by Crippen LogP contribution is -2.35. The fourth-order valence-corrected chi connectivity index (χ4v) is 2.80. The van der Waals surface area contributed by atoms with Gasteiger partial charge in [0.1, 0.15) is 10.8 Å². The molecule has 0 fully saturated rings. The molecular weight excluding hydrogens is 340 g/mol. The number of benzene rings is 1. The molecule has 2 rings (SSSR count). The normalized spacial score (nSPS) is 12.5. The van der Waals surface area contributed by atoms with E-state index in [4.69, 9.17) is 9.84 Å². The number of carboxylic acid groups (broad SMARTS) is 1. The van der Waals surface area contributed by atoms with Gasteiger partial charge in [0, 0.05) is 5.38 Å². The number of carbonyl (C=O) groups excluding carboxylic acids is 1. The summed E-state index contributed by atoms with van der Waals surface area (Å²) in [6.45, 7) is 8.24. The molecule has 0 saturated heterocycles. The lowest BCUT2D eigenvalue weighted by molar-refractivity contribution is -0.127. The maximum Gasteiger partial charge on any atom is 0.355 e. The maximum absolute atomic E-state index is 12.1. The molecule has 134 valence electrons. The average Bonchev–Trinajstić information content (AvgIpc) is 3.01. The minimum absolute atomic E-state index is 0.0162. The molecule has 1 unspecified atom stereocenters. The second-order valence-corrected chi connectivity index (χ2v) is 7.63. The van der Waals surface area contributed by atoms with E-state index in [-0.39, 0.29) is 23.6 Å². The molecule has 2 N–H and O–H groups in total. The van der Waals surface area contributed by atoms with Gasteiger partial charge < -0.3 is 15.2 Å². The van der Waals surface area contributed by atoms with Gasteiger partial charge in [-0.25, -0.2) is 9.78 Å². The third kappa shape index (κ3) is 5.29. The predicted octanol–water partition coefficient (Wildman–Crippen LogP) is 3.22. The van der Waals surface area contributed by atoms with Crippen molar-refractivity contribution in [1.29, 1.82) is 0 Å². The van der Waals surface area contributed by atoms with Crippen molar-refractivity contribution in [3.63, 3.8) is 0 Å². The molecule has 1 aromatic carbocycles. The number of carbonyl (C=O) groups is 2. The smallest absolute Gasteiger partial charge is 0.355 e. The van der Waals surface area contributed by atoms with Gasteiger partial charge in [0.15, 0.2) is 11.8 Å². The van der Waals surface area contributed by atoms with Gasteiger partial charge in [0.25, 0.3) is 5.91 Å². The molecule has 1 atom stereocenters. The molecular formula is C18H22N2O4S. The number of thiazole rings is 1. The van der Waals surface area contributed by atoms with Gasteiger partial charge >= 0.3 is 5.97 Å². The van der Waals surface area contributed by atoms with Gasteiger partial charge in [-0.2, -0.15) is 0 Å². The molecule has 2 aromatic rings. The lowest BCUT2D eigenvalue weighted by Gasteiger charge is -2.20. The van der Waals surface area contributed by atoms with Crippen LogP contribution in [0.15, 0.2) is 29.6 Å². The van der Waals surface area contributed by atoms with Gasteiger partial charge in [0.05, 0.1) is 6.54 Å². The molecule has 7 heteroatoms. The summed E-state index contributed by atoms with van der Waals surface area (Å²) in [6, 6.07) is 7.68. The summed E-state index contributed by atoms with van der Waals surface area (Å²) in [7, 11) is 0. The van der Waals surface area contributed by atoms with Crippen LogP contribution in [0.5, 0.6) is 5.75 Å². The zero-order valence-corrected chi connectivity index (χ0v) is 15.5. The molecule has 0 bridgehead atoms. The SMILES string of the molecule is CC(Oc1ccc(C(C)(C)C)cc1)C(=O)NCc1nc(C(=O)O)cs1. The summed E-state index contributed by atoms with van der Waals surface area (Å²) in [5.41, 5.74) is 1.23. The third-order valence-electron chi connectivity index (χ3n) is 3.59. The van der Waals surface area contributed by atoms with Crippen LogP contribution in [-0.4, -0.2) is 28.1 Å². The molecule has 0 aliphatic rings. The van der Waals surface area contributed by atoms with Crippen molar-refractivity contribution >= 4 is 23.2 Å². The zero-order chi connectivity index (χ0) is 18.6. The van der Waals surface area contributed by atoms with Gasteiger partial charge in [-0.15, -0.1) is 11.3 Å². The Kier molecular flexibility index (Phi) is 5.79. The Morgan fingerprint density at radius 3 is 2.44 bits per heavy atom. The van der Waals surface area contributed by atoms with E-state index in [2.05, 4.69) is 31.1 Å². The summed E-state index contributed by atoms with van der Waals surface area (Å²) in [4.78, 5) is 26.8. The number of amides is 1. The first-order valence-corrected chi connectivity index (χ1v) is 8.77. The van der Waals surface area contributed by atoms with Crippen LogP contribution in [0.3, 0.4) is 0 Å². The highest BCUT2D eigenvalue weighted by Gasteiger charge is 2.17. The number of ether oxygens (including phenoxy) is 1. The van der Waals surface area contributed by atoms with Crippen molar-refractivity contribution in [2.75, 3.05) is 0 Å². The van der Waals surface area contributed by atoms with Crippen LogP contribution in [0.1, 0.15) is 48.8 Å². The van der Waals surface area contributed by atoms with Crippen molar-refractivity contribution in [2.24, 2.45) is 0 Å². The van der Waals surface area contributed by atoms with Crippen LogP contribution in [0, 0.1) is 0 Å². The summed E-state index contributed by atoms with van der Waals surface area (Å²) < 4.78 is 5.65. The Labute approximate surface area is 150 Å². The van der Waals surface area contributed by atoms with Gasteiger partial charge in [-0.1, -0.05) is 32.9 Å².